The van der Waals surface area contributed by atoms with E-state index in [1.165, 1.54) is 19.3 Å². The molecule has 3 atom stereocenters. The van der Waals surface area contributed by atoms with E-state index in [1.807, 2.05) is 0 Å². The van der Waals surface area contributed by atoms with Crippen LogP contribution in [0, 0.1) is 11.8 Å². The first kappa shape index (κ1) is 16.7. The van der Waals surface area contributed by atoms with Crippen molar-refractivity contribution >= 4 is 12.4 Å². The number of nitrogens with two attached hydrogens (primary N) is 1. The van der Waals surface area contributed by atoms with Gasteiger partial charge in [0.1, 0.15) is 0 Å². The molecule has 1 saturated heterocycles. The number of halogens is 1. The molecule has 21 heavy (non-hydrogen) atoms. The summed E-state index contributed by atoms with van der Waals surface area (Å²) in [7, 11) is 0. The molecule has 2 aliphatic rings. The Kier molecular flexibility index (Phi) is 4.96. The van der Waals surface area contributed by atoms with E-state index in [0.29, 0.717) is 12.0 Å². The lowest BCUT2D eigenvalue weighted by molar-refractivity contribution is 0.258. The lowest BCUT2D eigenvalue weighted by Crippen LogP contribution is -2.38. The first-order valence-electron chi connectivity index (χ1n) is 7.74. The number of rotatable bonds is 2. The molecule has 0 aromatic carbocycles. The van der Waals surface area contributed by atoms with Crippen molar-refractivity contribution in [3.63, 3.8) is 0 Å². The van der Waals surface area contributed by atoms with Gasteiger partial charge in [-0.15, -0.1) is 12.4 Å². The smallest absolute Gasteiger partial charge is 0.232 e. The zero-order valence-corrected chi connectivity index (χ0v) is 14.0. The van der Waals surface area contributed by atoms with Crippen LogP contribution in [0.2, 0.25) is 0 Å². The number of nitrogens with zero attached hydrogens (tertiary/aromatic N) is 3. The van der Waals surface area contributed by atoms with Crippen molar-refractivity contribution in [1.29, 1.82) is 0 Å². The third-order valence-corrected chi connectivity index (χ3v) is 4.70. The summed E-state index contributed by atoms with van der Waals surface area (Å²) in [5.74, 6) is 2.97. The molecule has 2 N–H and O–H groups in total. The number of fused-ring (bicyclic) bond motifs is 1. The minimum Gasteiger partial charge on any atom is -0.339 e. The first-order valence-corrected chi connectivity index (χ1v) is 7.74. The minimum absolute atomic E-state index is 0. The van der Waals surface area contributed by atoms with Gasteiger partial charge in [0.25, 0.3) is 0 Å². The largest absolute Gasteiger partial charge is 0.339 e. The topological polar surface area (TPSA) is 68.2 Å². The normalized spacial score (nSPS) is 30.0. The third-order valence-electron chi connectivity index (χ3n) is 4.70. The highest BCUT2D eigenvalue weighted by molar-refractivity contribution is 5.85. The summed E-state index contributed by atoms with van der Waals surface area (Å²) in [5.41, 5.74) is 6.18. The number of likely N-dealkylation sites (tertiary alicyclic amines) is 1. The molecule has 0 amide bonds. The van der Waals surface area contributed by atoms with Gasteiger partial charge in [-0.05, 0) is 24.7 Å². The molecule has 5 nitrogen and oxygen atoms in total. The molecule has 2 fully saturated rings. The second-order valence-corrected chi connectivity index (χ2v) is 7.48. The fourth-order valence-corrected chi connectivity index (χ4v) is 3.56. The van der Waals surface area contributed by atoms with Crippen LogP contribution in [0.3, 0.4) is 0 Å². The molecule has 1 aliphatic heterocycles. The molecule has 1 aromatic rings. The van der Waals surface area contributed by atoms with Gasteiger partial charge in [-0.3, -0.25) is 4.90 Å². The van der Waals surface area contributed by atoms with Crippen molar-refractivity contribution in [2.45, 2.75) is 58.0 Å². The maximum Gasteiger partial charge on any atom is 0.232 e. The van der Waals surface area contributed by atoms with E-state index < -0.39 is 0 Å². The van der Waals surface area contributed by atoms with Crippen LogP contribution in [-0.2, 0) is 12.0 Å². The van der Waals surface area contributed by atoms with Crippen LogP contribution in [0.1, 0.15) is 51.7 Å². The van der Waals surface area contributed by atoms with Gasteiger partial charge < -0.3 is 10.3 Å². The van der Waals surface area contributed by atoms with E-state index in [9.17, 15) is 0 Å². The zero-order valence-electron chi connectivity index (χ0n) is 13.2. The summed E-state index contributed by atoms with van der Waals surface area (Å²) in [5, 5.41) is 4.12. The summed E-state index contributed by atoms with van der Waals surface area (Å²) >= 11 is 0. The van der Waals surface area contributed by atoms with E-state index in [2.05, 4.69) is 35.8 Å². The molecule has 3 rings (SSSR count). The van der Waals surface area contributed by atoms with Crippen LogP contribution in [0.4, 0.5) is 0 Å². The second-order valence-electron chi connectivity index (χ2n) is 7.48. The van der Waals surface area contributed by atoms with Gasteiger partial charge >= 0.3 is 0 Å². The summed E-state index contributed by atoms with van der Waals surface area (Å²) in [6, 6.07) is 0.383. The molecule has 0 bridgehead atoms. The molecule has 1 aromatic heterocycles. The van der Waals surface area contributed by atoms with Crippen LogP contribution in [0.5, 0.6) is 0 Å². The Hall–Kier alpha value is -0.650. The summed E-state index contributed by atoms with van der Waals surface area (Å²) in [6.07, 6.45) is 3.80. The number of aromatic nitrogens is 2. The van der Waals surface area contributed by atoms with Crippen molar-refractivity contribution < 1.29 is 4.52 Å². The Morgan fingerprint density at radius 3 is 2.67 bits per heavy atom. The van der Waals surface area contributed by atoms with Gasteiger partial charge in [-0.2, -0.15) is 4.98 Å². The van der Waals surface area contributed by atoms with Crippen LogP contribution in [0.15, 0.2) is 4.52 Å². The SMILES string of the molecule is CC(C)(C)c1nc(CN2CC3CCCC(N)C3C2)no1.Cl. The molecule has 0 radical (unpaired) electrons. The van der Waals surface area contributed by atoms with Crippen molar-refractivity contribution in [1.82, 2.24) is 15.0 Å². The second kappa shape index (κ2) is 6.23. The van der Waals surface area contributed by atoms with Gasteiger partial charge in [0.2, 0.25) is 5.89 Å². The Balaban J connectivity index is 0.00000161. The predicted molar refractivity (Wildman–Crippen MR) is 84.3 cm³/mol. The number of hydrogen-bond donors (Lipinski definition) is 1. The van der Waals surface area contributed by atoms with Gasteiger partial charge in [0, 0.05) is 24.5 Å². The Bertz CT molecular complexity index is 470. The predicted octanol–water partition coefficient (Wildman–Crippen LogP) is 2.35. The van der Waals surface area contributed by atoms with E-state index in [4.69, 9.17) is 10.3 Å². The summed E-state index contributed by atoms with van der Waals surface area (Å²) < 4.78 is 5.37. The van der Waals surface area contributed by atoms with Crippen molar-refractivity contribution in [3.8, 4) is 0 Å². The average Bonchev–Trinajstić information content (AvgIpc) is 2.96. The zero-order chi connectivity index (χ0) is 14.3. The Morgan fingerprint density at radius 1 is 1.29 bits per heavy atom. The van der Waals surface area contributed by atoms with Crippen molar-refractivity contribution in [3.05, 3.63) is 11.7 Å². The summed E-state index contributed by atoms with van der Waals surface area (Å²) in [6.45, 7) is 9.29. The van der Waals surface area contributed by atoms with E-state index in [1.54, 1.807) is 0 Å². The van der Waals surface area contributed by atoms with Crippen LogP contribution < -0.4 is 5.73 Å². The highest BCUT2D eigenvalue weighted by Gasteiger charge is 2.39. The fraction of sp³-hybridized carbons (Fsp3) is 0.867. The minimum atomic E-state index is -0.0768. The van der Waals surface area contributed by atoms with Crippen LogP contribution in [-0.4, -0.2) is 34.2 Å². The van der Waals surface area contributed by atoms with Gasteiger partial charge in [-0.25, -0.2) is 0 Å². The van der Waals surface area contributed by atoms with Crippen molar-refractivity contribution in [2.75, 3.05) is 13.1 Å². The lowest BCUT2D eigenvalue weighted by Gasteiger charge is -2.29. The fourth-order valence-electron chi connectivity index (χ4n) is 3.56. The maximum atomic E-state index is 6.26. The summed E-state index contributed by atoms with van der Waals surface area (Å²) in [4.78, 5) is 6.97. The molecule has 1 saturated carbocycles. The van der Waals surface area contributed by atoms with Gasteiger partial charge in [0.15, 0.2) is 5.82 Å². The van der Waals surface area contributed by atoms with Crippen LogP contribution in [0.25, 0.3) is 0 Å². The van der Waals surface area contributed by atoms with Crippen molar-refractivity contribution in [2.24, 2.45) is 17.6 Å². The molecule has 2 heterocycles. The van der Waals surface area contributed by atoms with Gasteiger partial charge in [0.05, 0.1) is 6.54 Å². The van der Waals surface area contributed by atoms with Crippen LogP contribution >= 0.6 is 12.4 Å². The highest BCUT2D eigenvalue weighted by Crippen LogP contribution is 2.35. The Labute approximate surface area is 133 Å². The molecular formula is C15H27ClN4O. The lowest BCUT2D eigenvalue weighted by atomic mass is 9.78. The third kappa shape index (κ3) is 3.58. The highest BCUT2D eigenvalue weighted by atomic mass is 35.5. The molecular weight excluding hydrogens is 288 g/mol. The maximum absolute atomic E-state index is 6.26. The van der Waals surface area contributed by atoms with E-state index >= 15 is 0 Å². The van der Waals surface area contributed by atoms with E-state index in [-0.39, 0.29) is 17.8 Å². The molecule has 0 spiro atoms. The van der Waals surface area contributed by atoms with E-state index in [0.717, 1.165) is 37.3 Å². The standard InChI is InChI=1S/C15H26N4O.ClH/c1-15(2,3)14-17-13(18-20-14)9-19-7-10-5-4-6-12(16)11(10)8-19;/h10-12H,4-9,16H2,1-3H3;1H. The average molecular weight is 315 g/mol. The monoisotopic (exact) mass is 314 g/mol. The van der Waals surface area contributed by atoms with Gasteiger partial charge in [-0.1, -0.05) is 32.3 Å². The molecule has 3 unspecified atom stereocenters. The molecule has 6 heteroatoms. The quantitative estimate of drug-likeness (QED) is 0.907. The number of hydrogen-bond acceptors (Lipinski definition) is 5. The molecule has 1 aliphatic carbocycles. The molecule has 120 valence electrons. The first-order chi connectivity index (χ1) is 9.43. The Morgan fingerprint density at radius 2 is 2.05 bits per heavy atom.